The molecule has 36 heavy (non-hydrogen) atoms. The third kappa shape index (κ3) is 5.84. The molecule has 1 fully saturated rings. The fourth-order valence-corrected chi connectivity index (χ4v) is 4.13. The number of amides is 2. The van der Waals surface area contributed by atoms with Gasteiger partial charge >= 0.3 is 11.7 Å². The van der Waals surface area contributed by atoms with Gasteiger partial charge < -0.3 is 20.3 Å². The van der Waals surface area contributed by atoms with Gasteiger partial charge in [0.2, 0.25) is 5.91 Å². The van der Waals surface area contributed by atoms with E-state index < -0.39 is 35.7 Å². The van der Waals surface area contributed by atoms with Crippen LogP contribution >= 0.6 is 0 Å². The number of rotatable bonds is 10. The quantitative estimate of drug-likeness (QED) is 0.471. The minimum absolute atomic E-state index is 0.0188. The van der Waals surface area contributed by atoms with E-state index in [-0.39, 0.29) is 43.5 Å². The monoisotopic (exact) mass is 499 g/mol. The Labute approximate surface area is 208 Å². The first-order valence-corrected chi connectivity index (χ1v) is 12.1. The lowest BCUT2D eigenvalue weighted by Crippen LogP contribution is -2.43. The first-order chi connectivity index (χ1) is 17.2. The SMILES string of the molecule is CCCCN(C(=O)COC(=O)C1CC(=O)N(c2ccc(C)cc2)C1)c1c(N)n(CCC)c(=O)[nH]c1=O. The number of carbonyl (C=O) groups excluding carboxylic acids is 3. The summed E-state index contributed by atoms with van der Waals surface area (Å²) in [4.78, 5) is 67.9. The minimum atomic E-state index is -0.782. The largest absolute Gasteiger partial charge is 0.455 e. The summed E-state index contributed by atoms with van der Waals surface area (Å²) in [5, 5.41) is 0. The van der Waals surface area contributed by atoms with Gasteiger partial charge in [-0.15, -0.1) is 0 Å². The molecule has 0 radical (unpaired) electrons. The Balaban J connectivity index is 1.73. The lowest BCUT2D eigenvalue weighted by molar-refractivity contribution is -0.151. The molecule has 1 atom stereocenters. The Morgan fingerprint density at radius 2 is 1.83 bits per heavy atom. The van der Waals surface area contributed by atoms with Crippen molar-refractivity contribution in [1.82, 2.24) is 9.55 Å². The Bertz CT molecular complexity index is 1230. The van der Waals surface area contributed by atoms with Crippen LogP contribution in [0.3, 0.4) is 0 Å². The van der Waals surface area contributed by atoms with Gasteiger partial charge in [0.1, 0.15) is 5.82 Å². The van der Waals surface area contributed by atoms with Gasteiger partial charge in [-0.1, -0.05) is 38.0 Å². The molecule has 1 aliphatic heterocycles. The van der Waals surface area contributed by atoms with Crippen molar-refractivity contribution in [2.24, 2.45) is 5.92 Å². The summed E-state index contributed by atoms with van der Waals surface area (Å²) in [6.07, 6.45) is 1.87. The number of hydrogen-bond acceptors (Lipinski definition) is 7. The Morgan fingerprint density at radius 3 is 2.47 bits per heavy atom. The lowest BCUT2D eigenvalue weighted by Gasteiger charge is -2.24. The van der Waals surface area contributed by atoms with E-state index in [4.69, 9.17) is 10.5 Å². The molecular formula is C25H33N5O6. The smallest absolute Gasteiger partial charge is 0.330 e. The predicted molar refractivity (Wildman–Crippen MR) is 136 cm³/mol. The number of hydrogen-bond donors (Lipinski definition) is 2. The number of anilines is 3. The summed E-state index contributed by atoms with van der Waals surface area (Å²) >= 11 is 0. The van der Waals surface area contributed by atoms with Gasteiger partial charge in [0.25, 0.3) is 11.5 Å². The van der Waals surface area contributed by atoms with Crippen LogP contribution in [0.15, 0.2) is 33.9 Å². The van der Waals surface area contributed by atoms with E-state index >= 15 is 0 Å². The predicted octanol–water partition coefficient (Wildman–Crippen LogP) is 1.57. The molecule has 0 saturated carbocycles. The standard InChI is InChI=1S/C25H33N5O6/c1-4-6-12-28(21-22(26)29(11-5-2)25(35)27-23(21)33)20(32)15-36-24(34)17-13-19(31)30(14-17)18-9-7-16(3)8-10-18/h7-10,17H,4-6,11-15,26H2,1-3H3,(H,27,33,35). The van der Waals surface area contributed by atoms with Crippen molar-refractivity contribution in [3.63, 3.8) is 0 Å². The highest BCUT2D eigenvalue weighted by Crippen LogP contribution is 2.26. The topological polar surface area (TPSA) is 148 Å². The molecular weight excluding hydrogens is 466 g/mol. The summed E-state index contributed by atoms with van der Waals surface area (Å²) < 4.78 is 6.48. The normalized spacial score (nSPS) is 15.2. The number of carbonyl (C=O) groups is 3. The van der Waals surface area contributed by atoms with E-state index in [1.807, 2.05) is 45.0 Å². The maximum atomic E-state index is 13.1. The van der Waals surface area contributed by atoms with E-state index in [0.29, 0.717) is 18.5 Å². The van der Waals surface area contributed by atoms with Crippen LogP contribution in [-0.2, 0) is 25.7 Å². The van der Waals surface area contributed by atoms with Gasteiger partial charge in [0.15, 0.2) is 12.3 Å². The van der Waals surface area contributed by atoms with E-state index in [9.17, 15) is 24.0 Å². The number of aryl methyl sites for hydroxylation is 1. The number of nitrogens with two attached hydrogens (primary N) is 1. The number of ether oxygens (including phenoxy) is 1. The highest BCUT2D eigenvalue weighted by molar-refractivity contribution is 6.00. The molecule has 1 unspecified atom stereocenters. The second-order valence-corrected chi connectivity index (χ2v) is 8.89. The summed E-state index contributed by atoms with van der Waals surface area (Å²) in [5.74, 6) is -2.34. The number of nitrogen functional groups attached to an aromatic ring is 1. The maximum absolute atomic E-state index is 13.1. The van der Waals surface area contributed by atoms with Crippen molar-refractivity contribution >= 4 is 35.0 Å². The number of esters is 1. The molecule has 11 nitrogen and oxygen atoms in total. The summed E-state index contributed by atoms with van der Waals surface area (Å²) in [6, 6.07) is 7.40. The molecule has 0 aliphatic carbocycles. The van der Waals surface area contributed by atoms with Gasteiger partial charge in [0.05, 0.1) is 5.92 Å². The van der Waals surface area contributed by atoms with E-state index in [1.165, 1.54) is 9.47 Å². The maximum Gasteiger partial charge on any atom is 0.330 e. The Morgan fingerprint density at radius 1 is 1.14 bits per heavy atom. The van der Waals surface area contributed by atoms with Crippen molar-refractivity contribution in [1.29, 1.82) is 0 Å². The number of H-pyrrole nitrogens is 1. The molecule has 3 rings (SSSR count). The molecule has 2 amide bonds. The van der Waals surface area contributed by atoms with Crippen LogP contribution in [-0.4, -0.2) is 47.0 Å². The first kappa shape index (κ1) is 26.7. The minimum Gasteiger partial charge on any atom is -0.455 e. The van der Waals surface area contributed by atoms with Crippen molar-refractivity contribution in [3.8, 4) is 0 Å². The summed E-state index contributed by atoms with van der Waals surface area (Å²) in [7, 11) is 0. The number of nitrogens with zero attached hydrogens (tertiary/aromatic N) is 3. The van der Waals surface area contributed by atoms with E-state index in [1.54, 1.807) is 0 Å². The molecule has 11 heteroatoms. The molecule has 1 saturated heterocycles. The van der Waals surface area contributed by atoms with E-state index in [0.717, 1.165) is 16.9 Å². The van der Waals surface area contributed by atoms with Crippen molar-refractivity contribution in [2.75, 3.05) is 35.2 Å². The fraction of sp³-hybridized carbons (Fsp3) is 0.480. The molecule has 194 valence electrons. The Hall–Kier alpha value is -3.89. The summed E-state index contributed by atoms with van der Waals surface area (Å²) in [6.45, 7) is 5.68. The van der Waals surface area contributed by atoms with E-state index in [2.05, 4.69) is 4.98 Å². The zero-order chi connectivity index (χ0) is 26.4. The van der Waals surface area contributed by atoms with Crippen LogP contribution in [0.25, 0.3) is 0 Å². The second-order valence-electron chi connectivity index (χ2n) is 8.89. The molecule has 0 bridgehead atoms. The average Bonchev–Trinajstić information content (AvgIpc) is 3.24. The molecule has 1 aromatic carbocycles. The Kier molecular flexibility index (Phi) is 8.68. The van der Waals surface area contributed by atoms with Crippen LogP contribution in [0.5, 0.6) is 0 Å². The van der Waals surface area contributed by atoms with Gasteiger partial charge in [-0.25, -0.2) is 4.79 Å². The second kappa shape index (κ2) is 11.7. The molecule has 1 aliphatic rings. The van der Waals surface area contributed by atoms with Crippen molar-refractivity contribution in [2.45, 2.75) is 53.0 Å². The zero-order valence-corrected chi connectivity index (χ0v) is 20.9. The molecule has 3 N–H and O–H groups in total. The third-order valence-electron chi connectivity index (χ3n) is 6.11. The fourth-order valence-electron chi connectivity index (χ4n) is 4.13. The summed E-state index contributed by atoms with van der Waals surface area (Å²) in [5.41, 5.74) is 6.30. The van der Waals surface area contributed by atoms with Crippen molar-refractivity contribution < 1.29 is 19.1 Å². The number of benzene rings is 1. The third-order valence-corrected chi connectivity index (χ3v) is 6.11. The van der Waals surface area contributed by atoms with Crippen molar-refractivity contribution in [3.05, 3.63) is 50.7 Å². The number of unbranched alkanes of at least 4 members (excludes halogenated alkanes) is 1. The van der Waals surface area contributed by atoms with Gasteiger partial charge in [-0.05, 0) is 31.9 Å². The highest BCUT2D eigenvalue weighted by Gasteiger charge is 2.36. The first-order valence-electron chi connectivity index (χ1n) is 12.1. The van der Waals surface area contributed by atoms with Crippen LogP contribution in [0.2, 0.25) is 0 Å². The zero-order valence-electron chi connectivity index (χ0n) is 20.9. The van der Waals surface area contributed by atoms with Crippen LogP contribution in [0, 0.1) is 12.8 Å². The molecule has 2 heterocycles. The van der Waals surface area contributed by atoms with Gasteiger partial charge in [-0.2, -0.15) is 0 Å². The average molecular weight is 500 g/mol. The highest BCUT2D eigenvalue weighted by atomic mass is 16.5. The molecule has 2 aromatic rings. The number of nitrogens with one attached hydrogen (secondary N) is 1. The van der Waals surface area contributed by atoms with Gasteiger partial charge in [0, 0.05) is 31.7 Å². The van der Waals surface area contributed by atoms with Crippen LogP contribution in [0.1, 0.15) is 45.1 Å². The molecule has 1 aromatic heterocycles. The number of aromatic nitrogens is 2. The van der Waals surface area contributed by atoms with Gasteiger partial charge in [-0.3, -0.25) is 28.7 Å². The van der Waals surface area contributed by atoms with Crippen LogP contribution < -0.4 is 26.8 Å². The lowest BCUT2D eigenvalue weighted by atomic mass is 10.1. The molecule has 0 spiro atoms. The van der Waals surface area contributed by atoms with Crippen LogP contribution in [0.4, 0.5) is 17.2 Å². The number of aromatic amines is 1.